The molecule has 1 aromatic rings. The minimum atomic E-state index is -0.588. The van der Waals surface area contributed by atoms with Gasteiger partial charge in [-0.25, -0.2) is 4.79 Å². The van der Waals surface area contributed by atoms with E-state index < -0.39 is 23.7 Å². The number of alkyl carbamates (subject to hydrolysis) is 1. The van der Waals surface area contributed by atoms with E-state index >= 15 is 0 Å². The Bertz CT molecular complexity index is 522. The summed E-state index contributed by atoms with van der Waals surface area (Å²) in [5, 5.41) is 2.74. The van der Waals surface area contributed by atoms with Gasteiger partial charge in [-0.1, -0.05) is 37.3 Å². The van der Waals surface area contributed by atoms with Crippen molar-refractivity contribution >= 4 is 12.1 Å². The first kappa shape index (κ1) is 19.0. The largest absolute Gasteiger partial charge is 0.469 e. The topological polar surface area (TPSA) is 64.6 Å². The van der Waals surface area contributed by atoms with E-state index in [-0.39, 0.29) is 11.9 Å². The van der Waals surface area contributed by atoms with E-state index in [9.17, 15) is 9.59 Å². The van der Waals surface area contributed by atoms with Gasteiger partial charge in [0, 0.05) is 6.04 Å². The van der Waals surface area contributed by atoms with Crippen LogP contribution in [0.4, 0.5) is 4.79 Å². The predicted octanol–water partition coefficient (Wildman–Crippen LogP) is 3.49. The smallest absolute Gasteiger partial charge is 0.407 e. The summed E-state index contributed by atoms with van der Waals surface area (Å²) in [7, 11) is 1.35. The quantitative estimate of drug-likeness (QED) is 0.843. The van der Waals surface area contributed by atoms with Crippen LogP contribution < -0.4 is 5.32 Å². The summed E-state index contributed by atoms with van der Waals surface area (Å²) in [4.78, 5) is 24.2. The molecule has 0 radical (unpaired) electrons. The molecule has 0 unspecified atom stereocenters. The number of hydrogen-bond donors (Lipinski definition) is 1. The summed E-state index contributed by atoms with van der Waals surface area (Å²) >= 11 is 0. The summed E-state index contributed by atoms with van der Waals surface area (Å²) in [5.41, 5.74) is 0.427. The summed E-state index contributed by atoms with van der Waals surface area (Å²) in [5.74, 6) is -0.964. The number of esters is 1. The molecule has 1 aromatic carbocycles. The highest BCUT2D eigenvalue weighted by atomic mass is 16.6. The highest BCUT2D eigenvalue weighted by molar-refractivity contribution is 5.76. The van der Waals surface area contributed by atoms with Gasteiger partial charge >= 0.3 is 12.1 Å². The van der Waals surface area contributed by atoms with Gasteiger partial charge in [0.25, 0.3) is 0 Å². The van der Waals surface area contributed by atoms with E-state index in [0.717, 1.165) is 5.56 Å². The molecule has 0 spiro atoms. The fourth-order valence-corrected chi connectivity index (χ4v) is 2.52. The summed E-state index contributed by atoms with van der Waals surface area (Å²) in [6.07, 6.45) is -0.542. The Morgan fingerprint density at radius 3 is 2.13 bits per heavy atom. The van der Waals surface area contributed by atoms with Crippen molar-refractivity contribution in [2.24, 2.45) is 5.92 Å². The maximum absolute atomic E-state index is 12.2. The van der Waals surface area contributed by atoms with Crippen molar-refractivity contribution in [3.8, 4) is 0 Å². The van der Waals surface area contributed by atoms with Crippen LogP contribution in [0.3, 0.4) is 0 Å². The molecule has 0 fully saturated rings. The van der Waals surface area contributed by atoms with Crippen molar-refractivity contribution in [1.82, 2.24) is 5.32 Å². The lowest BCUT2D eigenvalue weighted by atomic mass is 9.83. The van der Waals surface area contributed by atoms with E-state index in [1.54, 1.807) is 27.7 Å². The zero-order chi connectivity index (χ0) is 17.6. The number of amides is 1. The number of nitrogens with one attached hydrogen (secondary N) is 1. The summed E-state index contributed by atoms with van der Waals surface area (Å²) in [6, 6.07) is 9.26. The van der Waals surface area contributed by atoms with Crippen molar-refractivity contribution in [2.45, 2.75) is 52.2 Å². The molecule has 0 bridgehead atoms. The molecule has 1 N–H and O–H groups in total. The van der Waals surface area contributed by atoms with Crippen LogP contribution in [0.15, 0.2) is 30.3 Å². The molecule has 5 nitrogen and oxygen atoms in total. The highest BCUT2D eigenvalue weighted by Gasteiger charge is 2.34. The van der Waals surface area contributed by atoms with Crippen molar-refractivity contribution in [2.75, 3.05) is 7.11 Å². The van der Waals surface area contributed by atoms with Crippen LogP contribution in [0.1, 0.15) is 46.1 Å². The van der Waals surface area contributed by atoms with Gasteiger partial charge in [0.05, 0.1) is 13.0 Å². The van der Waals surface area contributed by atoms with Gasteiger partial charge in [-0.3, -0.25) is 4.79 Å². The average molecular weight is 321 g/mol. The Morgan fingerprint density at radius 1 is 1.09 bits per heavy atom. The van der Waals surface area contributed by atoms with Crippen molar-refractivity contribution in [1.29, 1.82) is 0 Å². The van der Waals surface area contributed by atoms with Crippen LogP contribution >= 0.6 is 0 Å². The number of benzene rings is 1. The van der Waals surface area contributed by atoms with E-state index in [1.807, 2.05) is 37.3 Å². The van der Waals surface area contributed by atoms with E-state index in [2.05, 4.69) is 5.32 Å². The number of hydrogen-bond acceptors (Lipinski definition) is 4. The molecule has 1 amide bonds. The SMILES string of the molecule is COC(=O)[C@H]([C@H](C)NC(=O)OC(C)(C)C)[C@H](C)c1ccccc1. The van der Waals surface area contributed by atoms with Gasteiger partial charge in [-0.05, 0) is 39.2 Å². The second kappa shape index (κ2) is 7.99. The molecule has 128 valence electrons. The molecular formula is C18H27NO4. The first-order chi connectivity index (χ1) is 10.7. The fraction of sp³-hybridized carbons (Fsp3) is 0.556. The van der Waals surface area contributed by atoms with E-state index in [0.29, 0.717) is 0 Å². The van der Waals surface area contributed by atoms with Crippen molar-refractivity contribution in [3.05, 3.63) is 35.9 Å². The summed E-state index contributed by atoms with van der Waals surface area (Å²) in [6.45, 7) is 9.11. The molecule has 0 heterocycles. The van der Waals surface area contributed by atoms with Gasteiger partial charge < -0.3 is 14.8 Å². The zero-order valence-electron chi connectivity index (χ0n) is 14.8. The molecule has 5 heteroatoms. The monoisotopic (exact) mass is 321 g/mol. The maximum atomic E-state index is 12.2. The third-order valence-electron chi connectivity index (χ3n) is 3.62. The molecule has 0 aromatic heterocycles. The van der Waals surface area contributed by atoms with Gasteiger partial charge in [0.15, 0.2) is 0 Å². The summed E-state index contributed by atoms with van der Waals surface area (Å²) < 4.78 is 10.2. The van der Waals surface area contributed by atoms with Crippen LogP contribution in [0, 0.1) is 5.92 Å². The number of methoxy groups -OCH3 is 1. The van der Waals surface area contributed by atoms with Crippen molar-refractivity contribution < 1.29 is 19.1 Å². The van der Waals surface area contributed by atoms with E-state index in [4.69, 9.17) is 9.47 Å². The highest BCUT2D eigenvalue weighted by Crippen LogP contribution is 2.28. The molecule has 0 saturated carbocycles. The Hall–Kier alpha value is -2.04. The van der Waals surface area contributed by atoms with Crippen LogP contribution in [0.2, 0.25) is 0 Å². The molecule has 23 heavy (non-hydrogen) atoms. The van der Waals surface area contributed by atoms with Crippen molar-refractivity contribution in [3.63, 3.8) is 0 Å². The predicted molar refractivity (Wildman–Crippen MR) is 89.2 cm³/mol. The third kappa shape index (κ3) is 5.93. The molecule has 3 atom stereocenters. The van der Waals surface area contributed by atoms with Crippen LogP contribution in [-0.4, -0.2) is 30.8 Å². The number of carbonyl (C=O) groups is 2. The second-order valence-corrected chi connectivity index (χ2v) is 6.68. The molecule has 0 saturated heterocycles. The molecule has 0 aliphatic rings. The van der Waals surface area contributed by atoms with E-state index in [1.165, 1.54) is 7.11 Å². The first-order valence-electron chi connectivity index (χ1n) is 7.78. The van der Waals surface area contributed by atoms with Gasteiger partial charge in [0.1, 0.15) is 5.60 Å². The zero-order valence-corrected chi connectivity index (χ0v) is 14.8. The third-order valence-corrected chi connectivity index (χ3v) is 3.62. The number of carbonyl (C=O) groups excluding carboxylic acids is 2. The number of rotatable bonds is 5. The standard InChI is InChI=1S/C18H27NO4/c1-12(14-10-8-7-9-11-14)15(16(20)22-6)13(2)19-17(21)23-18(3,4)5/h7-13,15H,1-6H3,(H,19,21)/t12-,13+,15+/m1/s1. The lowest BCUT2D eigenvalue weighted by Gasteiger charge is -2.29. The molecule has 0 aliphatic heterocycles. The Morgan fingerprint density at radius 2 is 1.65 bits per heavy atom. The normalized spacial score (nSPS) is 15.2. The lowest BCUT2D eigenvalue weighted by Crippen LogP contribution is -2.45. The molecular weight excluding hydrogens is 294 g/mol. The molecule has 0 aliphatic carbocycles. The average Bonchev–Trinajstić information content (AvgIpc) is 2.45. The lowest BCUT2D eigenvalue weighted by molar-refractivity contribution is -0.147. The van der Waals surface area contributed by atoms with Gasteiger partial charge in [-0.2, -0.15) is 0 Å². The molecule has 1 rings (SSSR count). The van der Waals surface area contributed by atoms with Gasteiger partial charge in [0.2, 0.25) is 0 Å². The minimum Gasteiger partial charge on any atom is -0.469 e. The van der Waals surface area contributed by atoms with Crippen LogP contribution in [0.5, 0.6) is 0 Å². The Labute approximate surface area is 138 Å². The second-order valence-electron chi connectivity index (χ2n) is 6.68. The fourth-order valence-electron chi connectivity index (χ4n) is 2.52. The minimum absolute atomic E-state index is 0.103. The Kier molecular flexibility index (Phi) is 6.61. The van der Waals surface area contributed by atoms with Crippen LogP contribution in [-0.2, 0) is 14.3 Å². The van der Waals surface area contributed by atoms with Crippen LogP contribution in [0.25, 0.3) is 0 Å². The first-order valence-corrected chi connectivity index (χ1v) is 7.78. The Balaban J connectivity index is 2.89. The van der Waals surface area contributed by atoms with Gasteiger partial charge in [-0.15, -0.1) is 0 Å². The number of ether oxygens (including phenoxy) is 2. The maximum Gasteiger partial charge on any atom is 0.407 e.